The number of carboxylic acid groups (broad SMARTS) is 1. The van der Waals surface area contributed by atoms with Gasteiger partial charge in [-0.2, -0.15) is 5.26 Å². The van der Waals surface area contributed by atoms with Gasteiger partial charge >= 0.3 is 11.7 Å². The second-order valence-electron chi connectivity index (χ2n) is 5.30. The van der Waals surface area contributed by atoms with Gasteiger partial charge < -0.3 is 10.0 Å². The van der Waals surface area contributed by atoms with Crippen molar-refractivity contribution in [3.8, 4) is 6.07 Å². The molecule has 21 heavy (non-hydrogen) atoms. The molecule has 0 spiro atoms. The molecule has 1 aromatic heterocycles. The Morgan fingerprint density at radius 2 is 2.33 bits per heavy atom. The van der Waals surface area contributed by atoms with Gasteiger partial charge in [-0.3, -0.25) is 14.9 Å². The monoisotopic (exact) mass is 290 g/mol. The molecule has 1 aliphatic heterocycles. The lowest BCUT2D eigenvalue weighted by Crippen LogP contribution is -2.46. The van der Waals surface area contributed by atoms with Crippen LogP contribution in [0, 0.1) is 26.9 Å². The molecule has 1 fully saturated rings. The highest BCUT2D eigenvalue weighted by Crippen LogP contribution is 2.32. The number of nitrogens with zero attached hydrogens (tertiary/aromatic N) is 4. The molecule has 2 rings (SSSR count). The first-order chi connectivity index (χ1) is 9.87. The molecule has 0 bridgehead atoms. The molecule has 0 saturated carbocycles. The van der Waals surface area contributed by atoms with Gasteiger partial charge in [-0.05, 0) is 25.8 Å². The van der Waals surface area contributed by atoms with Crippen LogP contribution in [0.2, 0.25) is 0 Å². The molecular weight excluding hydrogens is 276 g/mol. The molecule has 1 unspecified atom stereocenters. The molecular formula is C13H14N4O4. The normalized spacial score (nSPS) is 21.6. The quantitative estimate of drug-likeness (QED) is 0.662. The van der Waals surface area contributed by atoms with E-state index in [4.69, 9.17) is 5.26 Å². The van der Waals surface area contributed by atoms with E-state index in [1.807, 2.05) is 0 Å². The van der Waals surface area contributed by atoms with E-state index in [2.05, 4.69) is 4.98 Å². The number of anilines is 1. The van der Waals surface area contributed by atoms with Gasteiger partial charge in [-0.25, -0.2) is 4.98 Å². The van der Waals surface area contributed by atoms with Gasteiger partial charge in [0.15, 0.2) is 0 Å². The van der Waals surface area contributed by atoms with Gasteiger partial charge in [0, 0.05) is 19.2 Å². The number of carbonyl (C=O) groups is 1. The largest absolute Gasteiger partial charge is 0.481 e. The van der Waals surface area contributed by atoms with Crippen molar-refractivity contribution in [2.75, 3.05) is 18.0 Å². The molecule has 0 aliphatic carbocycles. The summed E-state index contributed by atoms with van der Waals surface area (Å²) in [6.45, 7) is 2.54. The van der Waals surface area contributed by atoms with Crippen LogP contribution in [0.15, 0.2) is 12.1 Å². The summed E-state index contributed by atoms with van der Waals surface area (Å²) in [5.41, 5.74) is -1.49. The van der Waals surface area contributed by atoms with Gasteiger partial charge in [0.1, 0.15) is 11.9 Å². The maximum absolute atomic E-state index is 11.3. The number of aliphatic carboxylic acids is 1. The standard InChI is InChI=1S/C13H14N4O4/c1-13(12(18)19)5-2-6-16(8-13)11-4-3-10(17(20)21)9(7-14)15-11/h3-4H,2,5-6,8H2,1H3,(H,18,19). The van der Waals surface area contributed by atoms with E-state index >= 15 is 0 Å². The minimum absolute atomic E-state index is 0.262. The summed E-state index contributed by atoms with van der Waals surface area (Å²) in [6.07, 6.45) is 1.25. The minimum Gasteiger partial charge on any atom is -0.481 e. The first-order valence-electron chi connectivity index (χ1n) is 6.41. The van der Waals surface area contributed by atoms with Crippen molar-refractivity contribution in [3.05, 3.63) is 27.9 Å². The maximum Gasteiger partial charge on any atom is 0.311 e. The average Bonchev–Trinajstić information content (AvgIpc) is 2.46. The summed E-state index contributed by atoms with van der Waals surface area (Å²) in [7, 11) is 0. The number of aromatic nitrogens is 1. The van der Waals surface area contributed by atoms with E-state index in [0.717, 1.165) is 0 Å². The van der Waals surface area contributed by atoms with Crippen LogP contribution in [-0.2, 0) is 4.79 Å². The van der Waals surface area contributed by atoms with Crippen LogP contribution in [0.3, 0.4) is 0 Å². The number of nitro groups is 1. The van der Waals surface area contributed by atoms with Crippen molar-refractivity contribution in [3.63, 3.8) is 0 Å². The highest BCUT2D eigenvalue weighted by Gasteiger charge is 2.38. The SMILES string of the molecule is CC1(C(=O)O)CCCN(c2ccc([N+](=O)[O-])c(C#N)n2)C1. The smallest absolute Gasteiger partial charge is 0.311 e. The summed E-state index contributed by atoms with van der Waals surface area (Å²) in [5.74, 6) is -0.487. The molecule has 0 aromatic carbocycles. The topological polar surface area (TPSA) is 120 Å². The van der Waals surface area contributed by atoms with Crippen LogP contribution >= 0.6 is 0 Å². The van der Waals surface area contributed by atoms with Crippen LogP contribution in [0.25, 0.3) is 0 Å². The molecule has 1 atom stereocenters. The highest BCUT2D eigenvalue weighted by atomic mass is 16.6. The van der Waals surface area contributed by atoms with E-state index < -0.39 is 16.3 Å². The molecule has 0 radical (unpaired) electrons. The zero-order valence-corrected chi connectivity index (χ0v) is 11.4. The third kappa shape index (κ3) is 2.76. The summed E-state index contributed by atoms with van der Waals surface area (Å²) in [4.78, 5) is 27.2. The van der Waals surface area contributed by atoms with Crippen molar-refractivity contribution in [2.45, 2.75) is 19.8 Å². The fourth-order valence-corrected chi connectivity index (χ4v) is 2.46. The Kier molecular flexibility index (Phi) is 3.76. The number of nitriles is 1. The molecule has 2 heterocycles. The summed E-state index contributed by atoms with van der Waals surface area (Å²) < 4.78 is 0. The first kappa shape index (κ1) is 14.7. The lowest BCUT2D eigenvalue weighted by Gasteiger charge is -2.38. The van der Waals surface area contributed by atoms with Crippen LogP contribution < -0.4 is 4.90 Å². The van der Waals surface area contributed by atoms with Gasteiger partial charge in [0.05, 0.1) is 10.3 Å². The number of carboxylic acids is 1. The molecule has 1 aromatic rings. The van der Waals surface area contributed by atoms with E-state index in [1.54, 1.807) is 17.9 Å². The first-order valence-corrected chi connectivity index (χ1v) is 6.41. The van der Waals surface area contributed by atoms with Crippen LogP contribution in [0.5, 0.6) is 0 Å². The Hall–Kier alpha value is -2.69. The predicted molar refractivity (Wildman–Crippen MR) is 72.8 cm³/mol. The Balaban J connectivity index is 2.32. The molecule has 1 N–H and O–H groups in total. The van der Waals surface area contributed by atoms with Crippen molar-refractivity contribution in [1.29, 1.82) is 5.26 Å². The summed E-state index contributed by atoms with van der Waals surface area (Å²) in [6, 6.07) is 4.38. The molecule has 1 aliphatic rings. The maximum atomic E-state index is 11.3. The Morgan fingerprint density at radius 3 is 2.90 bits per heavy atom. The zero-order chi connectivity index (χ0) is 15.6. The Labute approximate surface area is 120 Å². The highest BCUT2D eigenvalue weighted by molar-refractivity contribution is 5.75. The number of piperidine rings is 1. The average molecular weight is 290 g/mol. The summed E-state index contributed by atoms with van der Waals surface area (Å²) >= 11 is 0. The fourth-order valence-electron chi connectivity index (χ4n) is 2.46. The second kappa shape index (κ2) is 5.36. The number of rotatable bonds is 3. The van der Waals surface area contributed by atoms with Crippen LogP contribution in [-0.4, -0.2) is 34.1 Å². The van der Waals surface area contributed by atoms with E-state index in [0.29, 0.717) is 25.2 Å². The molecule has 1 saturated heterocycles. The molecule has 0 amide bonds. The Bertz CT molecular complexity index is 640. The molecule has 110 valence electrons. The van der Waals surface area contributed by atoms with E-state index in [-0.39, 0.29) is 17.9 Å². The lowest BCUT2D eigenvalue weighted by atomic mass is 9.82. The third-order valence-corrected chi connectivity index (χ3v) is 3.70. The van der Waals surface area contributed by atoms with Gasteiger partial charge in [-0.15, -0.1) is 0 Å². The van der Waals surface area contributed by atoms with Crippen molar-refractivity contribution < 1.29 is 14.8 Å². The number of hydrogen-bond acceptors (Lipinski definition) is 6. The third-order valence-electron chi connectivity index (χ3n) is 3.70. The van der Waals surface area contributed by atoms with Crippen molar-refractivity contribution in [1.82, 2.24) is 4.98 Å². The fraction of sp³-hybridized carbons (Fsp3) is 0.462. The lowest BCUT2D eigenvalue weighted by molar-refractivity contribution is -0.385. The molecule has 8 nitrogen and oxygen atoms in total. The van der Waals surface area contributed by atoms with Gasteiger partial charge in [0.25, 0.3) is 0 Å². The minimum atomic E-state index is -0.880. The van der Waals surface area contributed by atoms with Crippen molar-refractivity contribution in [2.24, 2.45) is 5.41 Å². The van der Waals surface area contributed by atoms with Crippen molar-refractivity contribution >= 4 is 17.5 Å². The molecule has 8 heteroatoms. The predicted octanol–water partition coefficient (Wildman–Crippen LogP) is 1.55. The number of pyridine rings is 1. The van der Waals surface area contributed by atoms with E-state index in [9.17, 15) is 20.0 Å². The van der Waals surface area contributed by atoms with Gasteiger partial charge in [-0.1, -0.05) is 0 Å². The van der Waals surface area contributed by atoms with E-state index in [1.165, 1.54) is 12.1 Å². The Morgan fingerprint density at radius 1 is 1.62 bits per heavy atom. The van der Waals surface area contributed by atoms with Crippen LogP contribution in [0.1, 0.15) is 25.5 Å². The number of hydrogen-bond donors (Lipinski definition) is 1. The second-order valence-corrected chi connectivity index (χ2v) is 5.30. The van der Waals surface area contributed by atoms with Crippen LogP contribution in [0.4, 0.5) is 11.5 Å². The summed E-state index contributed by atoms with van der Waals surface area (Å²) in [5, 5.41) is 29.0. The zero-order valence-electron chi connectivity index (χ0n) is 11.4. The van der Waals surface area contributed by atoms with Gasteiger partial charge in [0.2, 0.25) is 5.69 Å².